The van der Waals surface area contributed by atoms with Crippen molar-refractivity contribution in [3.63, 3.8) is 0 Å². The van der Waals surface area contributed by atoms with Gasteiger partial charge in [-0.2, -0.15) is 0 Å². The Hall–Kier alpha value is -2.73. The average molecular weight is 313 g/mol. The fraction of sp³-hybridized carbons (Fsp3) is 0. The number of carbonyl (C=O) groups excluding carboxylic acids is 1. The lowest BCUT2D eigenvalue weighted by atomic mass is 10.1. The van der Waals surface area contributed by atoms with Crippen LogP contribution in [0.25, 0.3) is 11.3 Å². The number of hydrogen-bond donors (Lipinski definition) is 2. The van der Waals surface area contributed by atoms with Crippen molar-refractivity contribution in [3.05, 3.63) is 65.3 Å². The second-order valence-electron chi connectivity index (χ2n) is 4.61. The summed E-state index contributed by atoms with van der Waals surface area (Å²) in [6.07, 6.45) is 0. The summed E-state index contributed by atoms with van der Waals surface area (Å²) in [5, 5.41) is 5.15. The number of amides is 1. The van der Waals surface area contributed by atoms with Gasteiger partial charge in [0.15, 0.2) is 5.13 Å². The quantitative estimate of drug-likeness (QED) is 0.773. The number of hydrogen-bond acceptors (Lipinski definition) is 4. The molecule has 0 saturated carbocycles. The summed E-state index contributed by atoms with van der Waals surface area (Å²) in [4.78, 5) is 16.2. The largest absolute Gasteiger partial charge is 0.375 e. The van der Waals surface area contributed by atoms with Crippen molar-refractivity contribution < 1.29 is 9.18 Å². The zero-order valence-corrected chi connectivity index (χ0v) is 12.2. The van der Waals surface area contributed by atoms with E-state index in [0.29, 0.717) is 16.4 Å². The molecule has 0 bridgehead atoms. The van der Waals surface area contributed by atoms with Gasteiger partial charge in [0.25, 0.3) is 5.91 Å². The third-order valence-electron chi connectivity index (χ3n) is 3.07. The van der Waals surface area contributed by atoms with Crippen molar-refractivity contribution in [3.8, 4) is 11.3 Å². The highest BCUT2D eigenvalue weighted by Crippen LogP contribution is 2.24. The molecule has 0 spiro atoms. The molecule has 0 saturated heterocycles. The molecule has 0 aliphatic heterocycles. The average Bonchev–Trinajstić information content (AvgIpc) is 2.95. The van der Waals surface area contributed by atoms with Gasteiger partial charge in [-0.05, 0) is 36.4 Å². The van der Waals surface area contributed by atoms with Crippen LogP contribution in [0.2, 0.25) is 0 Å². The van der Waals surface area contributed by atoms with E-state index < -0.39 is 0 Å². The lowest BCUT2D eigenvalue weighted by Crippen LogP contribution is -2.11. The predicted octanol–water partition coefficient (Wildman–Crippen LogP) is 3.78. The number of halogens is 1. The van der Waals surface area contributed by atoms with Crippen molar-refractivity contribution in [2.45, 2.75) is 0 Å². The zero-order chi connectivity index (χ0) is 15.5. The molecule has 22 heavy (non-hydrogen) atoms. The first kappa shape index (κ1) is 14.2. The molecule has 110 valence electrons. The SMILES string of the molecule is Nc1nc(-c2ccc(NC(=O)c3ccc(F)cc3)cc2)cs1. The van der Waals surface area contributed by atoms with E-state index in [1.807, 2.05) is 17.5 Å². The first-order valence-corrected chi connectivity index (χ1v) is 7.38. The number of thiazole rings is 1. The van der Waals surface area contributed by atoms with E-state index >= 15 is 0 Å². The highest BCUT2D eigenvalue weighted by Gasteiger charge is 2.07. The number of nitrogens with two attached hydrogens (primary N) is 1. The number of nitrogen functional groups attached to an aromatic ring is 1. The molecule has 0 radical (unpaired) electrons. The van der Waals surface area contributed by atoms with E-state index in [0.717, 1.165) is 11.3 Å². The van der Waals surface area contributed by atoms with Gasteiger partial charge in [-0.1, -0.05) is 12.1 Å². The number of nitrogens with zero attached hydrogens (tertiary/aromatic N) is 1. The predicted molar refractivity (Wildman–Crippen MR) is 86.3 cm³/mol. The van der Waals surface area contributed by atoms with E-state index in [-0.39, 0.29) is 11.7 Å². The number of anilines is 2. The monoisotopic (exact) mass is 313 g/mol. The minimum Gasteiger partial charge on any atom is -0.375 e. The van der Waals surface area contributed by atoms with E-state index in [9.17, 15) is 9.18 Å². The van der Waals surface area contributed by atoms with Gasteiger partial charge in [-0.25, -0.2) is 9.37 Å². The molecule has 0 atom stereocenters. The van der Waals surface area contributed by atoms with Gasteiger partial charge in [-0.15, -0.1) is 11.3 Å². The molecule has 3 aromatic rings. The number of benzene rings is 2. The minimum atomic E-state index is -0.372. The maximum atomic E-state index is 12.8. The Morgan fingerprint density at radius 3 is 2.36 bits per heavy atom. The number of rotatable bonds is 3. The summed E-state index contributed by atoms with van der Waals surface area (Å²) in [6, 6.07) is 12.7. The minimum absolute atomic E-state index is 0.286. The van der Waals surface area contributed by atoms with Crippen molar-refractivity contribution in [1.29, 1.82) is 0 Å². The second kappa shape index (κ2) is 5.95. The van der Waals surface area contributed by atoms with E-state index in [1.54, 1.807) is 12.1 Å². The Bertz CT molecular complexity index is 797. The van der Waals surface area contributed by atoms with Gasteiger partial charge in [0.1, 0.15) is 5.82 Å². The Morgan fingerprint density at radius 1 is 1.09 bits per heavy atom. The van der Waals surface area contributed by atoms with Gasteiger partial charge >= 0.3 is 0 Å². The molecule has 4 nitrogen and oxygen atoms in total. The normalized spacial score (nSPS) is 10.4. The molecular weight excluding hydrogens is 301 g/mol. The van der Waals surface area contributed by atoms with Crippen LogP contribution in [0.1, 0.15) is 10.4 Å². The summed E-state index contributed by atoms with van der Waals surface area (Å²) >= 11 is 1.38. The number of carbonyl (C=O) groups is 1. The van der Waals surface area contributed by atoms with Crippen molar-refractivity contribution in [2.24, 2.45) is 0 Å². The van der Waals surface area contributed by atoms with Gasteiger partial charge < -0.3 is 11.1 Å². The van der Waals surface area contributed by atoms with Gasteiger partial charge in [-0.3, -0.25) is 4.79 Å². The van der Waals surface area contributed by atoms with Crippen LogP contribution in [-0.4, -0.2) is 10.9 Å². The molecule has 1 heterocycles. The Kier molecular flexibility index (Phi) is 3.84. The van der Waals surface area contributed by atoms with Crippen molar-refractivity contribution in [1.82, 2.24) is 4.98 Å². The van der Waals surface area contributed by atoms with Crippen LogP contribution in [0.5, 0.6) is 0 Å². The van der Waals surface area contributed by atoms with Gasteiger partial charge in [0.2, 0.25) is 0 Å². The smallest absolute Gasteiger partial charge is 0.255 e. The number of nitrogens with one attached hydrogen (secondary N) is 1. The lowest BCUT2D eigenvalue weighted by molar-refractivity contribution is 0.102. The highest BCUT2D eigenvalue weighted by atomic mass is 32.1. The molecule has 2 aromatic carbocycles. The topological polar surface area (TPSA) is 68.0 Å². The molecule has 0 unspecified atom stereocenters. The summed E-state index contributed by atoms with van der Waals surface area (Å²) in [5.74, 6) is -0.658. The molecule has 1 aromatic heterocycles. The van der Waals surface area contributed by atoms with E-state index in [2.05, 4.69) is 10.3 Å². The Labute approximate surface area is 130 Å². The lowest BCUT2D eigenvalue weighted by Gasteiger charge is -2.06. The molecule has 0 fully saturated rings. The summed E-state index contributed by atoms with van der Waals surface area (Å²) in [7, 11) is 0. The van der Waals surface area contributed by atoms with Crippen LogP contribution >= 0.6 is 11.3 Å². The molecule has 3 N–H and O–H groups in total. The third-order valence-corrected chi connectivity index (χ3v) is 3.74. The Balaban J connectivity index is 1.73. The number of aromatic nitrogens is 1. The molecule has 6 heteroatoms. The first-order valence-electron chi connectivity index (χ1n) is 6.50. The summed E-state index contributed by atoms with van der Waals surface area (Å²) < 4.78 is 12.8. The fourth-order valence-electron chi connectivity index (χ4n) is 1.95. The molecule has 1 amide bonds. The molecular formula is C16H12FN3OS. The second-order valence-corrected chi connectivity index (χ2v) is 5.50. The fourth-order valence-corrected chi connectivity index (χ4v) is 2.52. The highest BCUT2D eigenvalue weighted by molar-refractivity contribution is 7.13. The first-order chi connectivity index (χ1) is 10.6. The molecule has 0 aliphatic rings. The van der Waals surface area contributed by atoms with Gasteiger partial charge in [0.05, 0.1) is 5.69 Å². The van der Waals surface area contributed by atoms with Gasteiger partial charge in [0, 0.05) is 22.2 Å². The zero-order valence-electron chi connectivity index (χ0n) is 11.4. The van der Waals surface area contributed by atoms with Crippen LogP contribution in [0.15, 0.2) is 53.9 Å². The maximum absolute atomic E-state index is 12.8. The van der Waals surface area contributed by atoms with E-state index in [4.69, 9.17) is 5.73 Å². The molecule has 3 rings (SSSR count). The molecule has 0 aliphatic carbocycles. The Morgan fingerprint density at radius 2 is 1.77 bits per heavy atom. The van der Waals surface area contributed by atoms with Crippen LogP contribution in [0.3, 0.4) is 0 Å². The van der Waals surface area contributed by atoms with Crippen molar-refractivity contribution in [2.75, 3.05) is 11.1 Å². The van der Waals surface area contributed by atoms with Crippen LogP contribution in [0, 0.1) is 5.82 Å². The van der Waals surface area contributed by atoms with E-state index in [1.165, 1.54) is 35.6 Å². The summed E-state index contributed by atoms with van der Waals surface area (Å²) in [5.41, 5.74) is 8.39. The standard InChI is InChI=1S/C16H12FN3OS/c17-12-5-1-11(2-6-12)15(21)19-13-7-3-10(4-8-13)14-9-22-16(18)20-14/h1-9H,(H2,18,20)(H,19,21). The van der Waals surface area contributed by atoms with Crippen LogP contribution < -0.4 is 11.1 Å². The summed E-state index contributed by atoms with van der Waals surface area (Å²) in [6.45, 7) is 0. The van der Waals surface area contributed by atoms with Crippen molar-refractivity contribution >= 4 is 28.1 Å². The third kappa shape index (κ3) is 3.12. The van der Waals surface area contributed by atoms with Crippen LogP contribution in [0.4, 0.5) is 15.2 Å². The maximum Gasteiger partial charge on any atom is 0.255 e. The van der Waals surface area contributed by atoms with Crippen LogP contribution in [-0.2, 0) is 0 Å².